The molecule has 0 saturated carbocycles. The number of aromatic nitrogens is 3. The minimum Gasteiger partial charge on any atom is -0.348 e. The lowest BCUT2D eigenvalue weighted by Gasteiger charge is -2.14. The molecule has 0 radical (unpaired) electrons. The Balaban J connectivity index is 1.94. The Morgan fingerprint density at radius 1 is 1.50 bits per heavy atom. The zero-order valence-electron chi connectivity index (χ0n) is 10.7. The number of nitriles is 1. The van der Waals surface area contributed by atoms with E-state index in [-0.39, 0.29) is 30.1 Å². The molecular formula is C13H12FN5O. The van der Waals surface area contributed by atoms with Crippen molar-refractivity contribution in [2.45, 2.75) is 19.5 Å². The van der Waals surface area contributed by atoms with E-state index in [1.165, 1.54) is 23.1 Å². The van der Waals surface area contributed by atoms with Gasteiger partial charge in [-0.05, 0) is 24.6 Å². The number of hydrogen-bond donors (Lipinski definition) is 1. The molecule has 2 aromatic rings. The molecule has 7 heteroatoms. The average Bonchev–Trinajstić information content (AvgIpc) is 2.86. The Bertz CT molecular complexity index is 644. The van der Waals surface area contributed by atoms with Gasteiger partial charge in [-0.3, -0.25) is 4.79 Å². The van der Waals surface area contributed by atoms with E-state index in [0.29, 0.717) is 0 Å². The summed E-state index contributed by atoms with van der Waals surface area (Å²) < 4.78 is 14.1. The van der Waals surface area contributed by atoms with Gasteiger partial charge in [-0.25, -0.2) is 14.1 Å². The molecule has 102 valence electrons. The van der Waals surface area contributed by atoms with E-state index in [2.05, 4.69) is 15.4 Å². The molecule has 1 amide bonds. The Hall–Kier alpha value is -2.75. The van der Waals surface area contributed by atoms with Gasteiger partial charge < -0.3 is 5.32 Å². The highest BCUT2D eigenvalue weighted by Gasteiger charge is 2.11. The first-order valence-electron chi connectivity index (χ1n) is 5.93. The van der Waals surface area contributed by atoms with Crippen molar-refractivity contribution in [1.82, 2.24) is 20.1 Å². The van der Waals surface area contributed by atoms with Crippen LogP contribution in [0.1, 0.15) is 24.4 Å². The highest BCUT2D eigenvalue weighted by molar-refractivity contribution is 5.76. The Morgan fingerprint density at radius 2 is 2.20 bits per heavy atom. The standard InChI is InChI=1S/C13H12FN5O/c1-9(10-2-4-11(14)5-3-10)17-13(20)7-19-8-16-12(6-15)18-19/h2-5,8-9H,7H2,1H3,(H,17,20)/t9-/m0/s1. The lowest BCUT2D eigenvalue weighted by Crippen LogP contribution is -2.30. The monoisotopic (exact) mass is 273 g/mol. The van der Waals surface area contributed by atoms with Crippen molar-refractivity contribution in [3.8, 4) is 6.07 Å². The van der Waals surface area contributed by atoms with Crippen LogP contribution in [0.3, 0.4) is 0 Å². The van der Waals surface area contributed by atoms with Gasteiger partial charge in [0.05, 0.1) is 6.04 Å². The number of amides is 1. The van der Waals surface area contributed by atoms with E-state index >= 15 is 0 Å². The van der Waals surface area contributed by atoms with E-state index in [1.54, 1.807) is 25.1 Å². The van der Waals surface area contributed by atoms with Crippen LogP contribution in [0.5, 0.6) is 0 Å². The zero-order valence-corrected chi connectivity index (χ0v) is 10.7. The number of nitrogens with zero attached hydrogens (tertiary/aromatic N) is 4. The summed E-state index contributed by atoms with van der Waals surface area (Å²) in [6.45, 7) is 1.77. The molecular weight excluding hydrogens is 261 g/mol. The first-order chi connectivity index (χ1) is 9.58. The van der Waals surface area contributed by atoms with Crippen molar-refractivity contribution in [2.75, 3.05) is 0 Å². The molecule has 0 spiro atoms. The summed E-state index contributed by atoms with van der Waals surface area (Å²) in [4.78, 5) is 15.5. The maximum atomic E-state index is 12.8. The maximum absolute atomic E-state index is 12.8. The molecule has 0 bridgehead atoms. The van der Waals surface area contributed by atoms with Crippen LogP contribution >= 0.6 is 0 Å². The second-order valence-electron chi connectivity index (χ2n) is 4.22. The molecule has 1 heterocycles. The fraction of sp³-hybridized carbons (Fsp3) is 0.231. The first kappa shape index (κ1) is 13.7. The quantitative estimate of drug-likeness (QED) is 0.906. The molecule has 0 aliphatic heterocycles. The van der Waals surface area contributed by atoms with Gasteiger partial charge in [0.1, 0.15) is 24.8 Å². The molecule has 1 N–H and O–H groups in total. The van der Waals surface area contributed by atoms with E-state index in [9.17, 15) is 9.18 Å². The van der Waals surface area contributed by atoms with E-state index in [0.717, 1.165) is 5.56 Å². The maximum Gasteiger partial charge on any atom is 0.252 e. The Kier molecular flexibility index (Phi) is 4.05. The lowest BCUT2D eigenvalue weighted by molar-refractivity contribution is -0.122. The highest BCUT2D eigenvalue weighted by atomic mass is 19.1. The van der Waals surface area contributed by atoms with Crippen LogP contribution in [0.4, 0.5) is 4.39 Å². The van der Waals surface area contributed by atoms with Crippen LogP contribution in [0.15, 0.2) is 30.6 Å². The van der Waals surface area contributed by atoms with Crippen molar-refractivity contribution in [2.24, 2.45) is 0 Å². The molecule has 1 atom stereocenters. The van der Waals surface area contributed by atoms with Gasteiger partial charge in [-0.2, -0.15) is 5.26 Å². The van der Waals surface area contributed by atoms with Crippen LogP contribution in [-0.2, 0) is 11.3 Å². The number of carbonyl (C=O) groups is 1. The molecule has 0 aliphatic carbocycles. The van der Waals surface area contributed by atoms with Gasteiger partial charge in [0.15, 0.2) is 0 Å². The zero-order chi connectivity index (χ0) is 14.5. The summed E-state index contributed by atoms with van der Waals surface area (Å²) in [5.74, 6) is -0.570. The fourth-order valence-corrected chi connectivity index (χ4v) is 1.69. The summed E-state index contributed by atoms with van der Waals surface area (Å²) in [5, 5.41) is 15.1. The summed E-state index contributed by atoms with van der Waals surface area (Å²) in [5.41, 5.74) is 0.802. The highest BCUT2D eigenvalue weighted by Crippen LogP contribution is 2.12. The SMILES string of the molecule is C[C@H](NC(=O)Cn1cnc(C#N)n1)c1ccc(F)cc1. The van der Waals surface area contributed by atoms with Crippen LogP contribution in [0.2, 0.25) is 0 Å². The van der Waals surface area contributed by atoms with Crippen molar-refractivity contribution < 1.29 is 9.18 Å². The van der Waals surface area contributed by atoms with Crippen molar-refractivity contribution in [1.29, 1.82) is 5.26 Å². The molecule has 0 fully saturated rings. The third-order valence-corrected chi connectivity index (χ3v) is 2.69. The third-order valence-electron chi connectivity index (χ3n) is 2.69. The normalized spacial score (nSPS) is 11.7. The second kappa shape index (κ2) is 5.93. The molecule has 6 nitrogen and oxygen atoms in total. The summed E-state index contributed by atoms with van der Waals surface area (Å²) in [7, 11) is 0. The van der Waals surface area contributed by atoms with Gasteiger partial charge in [0.25, 0.3) is 5.82 Å². The minimum absolute atomic E-state index is 0.0179. The molecule has 0 saturated heterocycles. The fourth-order valence-electron chi connectivity index (χ4n) is 1.69. The average molecular weight is 273 g/mol. The van der Waals surface area contributed by atoms with E-state index in [1.807, 2.05) is 0 Å². The molecule has 0 unspecified atom stereocenters. The summed E-state index contributed by atoms with van der Waals surface area (Å²) in [6.07, 6.45) is 1.32. The van der Waals surface area contributed by atoms with Crippen molar-refractivity contribution in [3.63, 3.8) is 0 Å². The lowest BCUT2D eigenvalue weighted by atomic mass is 10.1. The second-order valence-corrected chi connectivity index (χ2v) is 4.22. The predicted octanol–water partition coefficient (Wildman–Crippen LogP) is 1.17. The first-order valence-corrected chi connectivity index (χ1v) is 5.93. The molecule has 1 aromatic heterocycles. The summed E-state index contributed by atoms with van der Waals surface area (Å²) in [6, 6.07) is 7.45. The van der Waals surface area contributed by atoms with Gasteiger partial charge in [-0.15, -0.1) is 5.10 Å². The van der Waals surface area contributed by atoms with Gasteiger partial charge in [0, 0.05) is 0 Å². The predicted molar refractivity (Wildman–Crippen MR) is 67.7 cm³/mol. The number of benzene rings is 1. The van der Waals surface area contributed by atoms with Crippen LogP contribution in [0, 0.1) is 17.1 Å². The number of carbonyl (C=O) groups excluding carboxylic acids is 1. The number of rotatable bonds is 4. The van der Waals surface area contributed by atoms with E-state index in [4.69, 9.17) is 5.26 Å². The molecule has 1 aromatic carbocycles. The molecule has 0 aliphatic rings. The van der Waals surface area contributed by atoms with Crippen molar-refractivity contribution >= 4 is 5.91 Å². The van der Waals surface area contributed by atoms with Gasteiger partial charge >= 0.3 is 0 Å². The molecule has 20 heavy (non-hydrogen) atoms. The van der Waals surface area contributed by atoms with Gasteiger partial charge in [0.2, 0.25) is 5.91 Å². The largest absolute Gasteiger partial charge is 0.348 e. The minimum atomic E-state index is -0.320. The summed E-state index contributed by atoms with van der Waals surface area (Å²) >= 11 is 0. The number of hydrogen-bond acceptors (Lipinski definition) is 4. The number of nitrogens with one attached hydrogen (secondary N) is 1. The van der Waals surface area contributed by atoms with Crippen molar-refractivity contribution in [3.05, 3.63) is 47.8 Å². The van der Waals surface area contributed by atoms with Crippen LogP contribution in [-0.4, -0.2) is 20.7 Å². The molecule has 2 rings (SSSR count). The number of halogens is 1. The Labute approximate surface area is 114 Å². The smallest absolute Gasteiger partial charge is 0.252 e. The van der Waals surface area contributed by atoms with Crippen LogP contribution < -0.4 is 5.32 Å². The Morgan fingerprint density at radius 3 is 2.80 bits per heavy atom. The van der Waals surface area contributed by atoms with E-state index < -0.39 is 0 Å². The third kappa shape index (κ3) is 3.38. The topological polar surface area (TPSA) is 83.6 Å². The van der Waals surface area contributed by atoms with Crippen LogP contribution in [0.25, 0.3) is 0 Å². The van der Waals surface area contributed by atoms with Gasteiger partial charge in [-0.1, -0.05) is 12.1 Å².